The predicted molar refractivity (Wildman–Crippen MR) is 84.6 cm³/mol. The van der Waals surface area contributed by atoms with Crippen LogP contribution in [0, 0.1) is 0 Å². The highest BCUT2D eigenvalue weighted by Gasteiger charge is 2.05. The molecule has 106 valence electrons. The fourth-order valence-corrected chi connectivity index (χ4v) is 2.71. The Labute approximate surface area is 127 Å². The Balaban J connectivity index is 2.00. The highest BCUT2D eigenvalue weighted by atomic mass is 35.5. The molecular weight excluding hydrogens is 294 g/mol. The predicted octanol–water partition coefficient (Wildman–Crippen LogP) is 3.93. The minimum atomic E-state index is -0.114. The van der Waals surface area contributed by atoms with Crippen LogP contribution in [0.25, 0.3) is 0 Å². The van der Waals surface area contributed by atoms with Gasteiger partial charge in [0.1, 0.15) is 0 Å². The van der Waals surface area contributed by atoms with Crippen LogP contribution < -0.4 is 10.6 Å². The molecule has 20 heavy (non-hydrogen) atoms. The number of amides is 1. The van der Waals surface area contributed by atoms with Gasteiger partial charge in [0.05, 0.1) is 28.0 Å². The Morgan fingerprint density at radius 2 is 2.25 bits per heavy atom. The molecule has 2 aromatic rings. The normalized spacial score (nSPS) is 10.3. The van der Waals surface area contributed by atoms with Gasteiger partial charge in [-0.15, -0.1) is 11.3 Å². The van der Waals surface area contributed by atoms with E-state index in [1.165, 1.54) is 6.92 Å². The first-order chi connectivity index (χ1) is 9.58. The van der Waals surface area contributed by atoms with Crippen LogP contribution in [0.15, 0.2) is 23.6 Å². The molecule has 6 heteroatoms. The van der Waals surface area contributed by atoms with E-state index < -0.39 is 0 Å². The molecule has 0 radical (unpaired) electrons. The number of carbonyl (C=O) groups excluding carboxylic acids is 1. The van der Waals surface area contributed by atoms with E-state index in [0.29, 0.717) is 17.3 Å². The largest absolute Gasteiger partial charge is 0.378 e. The van der Waals surface area contributed by atoms with Crippen molar-refractivity contribution in [2.45, 2.75) is 26.8 Å². The van der Waals surface area contributed by atoms with Gasteiger partial charge in [-0.1, -0.05) is 18.5 Å². The number of halogens is 1. The van der Waals surface area contributed by atoms with E-state index in [2.05, 4.69) is 22.5 Å². The molecule has 1 amide bonds. The molecular formula is C14H16ClN3OS. The van der Waals surface area contributed by atoms with Crippen LogP contribution >= 0.6 is 22.9 Å². The molecule has 1 heterocycles. The topological polar surface area (TPSA) is 54.0 Å². The SMILES string of the molecule is CCc1nc(CNc2ccc(NC(C)=O)cc2Cl)cs1. The van der Waals surface area contributed by atoms with Gasteiger partial charge in [0, 0.05) is 18.0 Å². The summed E-state index contributed by atoms with van der Waals surface area (Å²) in [5.41, 5.74) is 2.52. The van der Waals surface area contributed by atoms with Crippen molar-refractivity contribution in [1.82, 2.24) is 4.98 Å². The lowest BCUT2D eigenvalue weighted by atomic mass is 10.2. The third-order valence-corrected chi connectivity index (χ3v) is 4.01. The van der Waals surface area contributed by atoms with Crippen LogP contribution in [0.1, 0.15) is 24.5 Å². The molecule has 0 aliphatic carbocycles. The molecule has 0 bridgehead atoms. The van der Waals surface area contributed by atoms with Gasteiger partial charge < -0.3 is 10.6 Å². The Morgan fingerprint density at radius 3 is 2.85 bits per heavy atom. The standard InChI is InChI=1S/C14H16ClN3OS/c1-3-14-18-11(8-20-14)7-16-13-5-4-10(6-12(13)15)17-9(2)19/h4-6,8,16H,3,7H2,1-2H3,(H,17,19). The van der Waals surface area contributed by atoms with Crippen LogP contribution in [0.3, 0.4) is 0 Å². The third kappa shape index (κ3) is 3.95. The number of carbonyl (C=O) groups is 1. The molecule has 1 aromatic carbocycles. The smallest absolute Gasteiger partial charge is 0.221 e. The molecule has 0 atom stereocenters. The number of nitrogens with one attached hydrogen (secondary N) is 2. The Hall–Kier alpha value is -1.59. The van der Waals surface area contributed by atoms with Crippen molar-refractivity contribution in [3.63, 3.8) is 0 Å². The molecule has 4 nitrogen and oxygen atoms in total. The van der Waals surface area contributed by atoms with Gasteiger partial charge in [-0.05, 0) is 24.6 Å². The van der Waals surface area contributed by atoms with E-state index in [4.69, 9.17) is 11.6 Å². The quantitative estimate of drug-likeness (QED) is 0.880. The van der Waals surface area contributed by atoms with Crippen molar-refractivity contribution in [3.8, 4) is 0 Å². The van der Waals surface area contributed by atoms with E-state index >= 15 is 0 Å². The van der Waals surface area contributed by atoms with Crippen molar-refractivity contribution in [2.24, 2.45) is 0 Å². The number of hydrogen-bond acceptors (Lipinski definition) is 4. The molecule has 2 rings (SSSR count). The Kier molecular flexibility index (Phi) is 4.98. The lowest BCUT2D eigenvalue weighted by Gasteiger charge is -2.09. The summed E-state index contributed by atoms with van der Waals surface area (Å²) in [7, 11) is 0. The maximum atomic E-state index is 11.0. The molecule has 0 saturated heterocycles. The van der Waals surface area contributed by atoms with Crippen molar-refractivity contribution in [2.75, 3.05) is 10.6 Å². The number of hydrogen-bond donors (Lipinski definition) is 2. The number of thiazole rings is 1. The number of aromatic nitrogens is 1. The molecule has 1 aromatic heterocycles. The highest BCUT2D eigenvalue weighted by Crippen LogP contribution is 2.26. The van der Waals surface area contributed by atoms with Gasteiger partial charge in [0.15, 0.2) is 0 Å². The van der Waals surface area contributed by atoms with E-state index in [9.17, 15) is 4.79 Å². The van der Waals surface area contributed by atoms with E-state index in [0.717, 1.165) is 22.8 Å². The van der Waals surface area contributed by atoms with Crippen LogP contribution in [0.4, 0.5) is 11.4 Å². The third-order valence-electron chi connectivity index (χ3n) is 2.65. The first-order valence-corrected chi connectivity index (χ1v) is 7.58. The number of anilines is 2. The van der Waals surface area contributed by atoms with Crippen LogP contribution in [0.5, 0.6) is 0 Å². The zero-order valence-electron chi connectivity index (χ0n) is 11.4. The molecule has 0 fully saturated rings. The summed E-state index contributed by atoms with van der Waals surface area (Å²) in [5, 5.41) is 9.69. The van der Waals surface area contributed by atoms with Crippen LogP contribution in [0.2, 0.25) is 5.02 Å². The summed E-state index contributed by atoms with van der Waals surface area (Å²) >= 11 is 7.85. The summed E-state index contributed by atoms with van der Waals surface area (Å²) < 4.78 is 0. The van der Waals surface area contributed by atoms with Gasteiger partial charge in [-0.3, -0.25) is 4.79 Å². The molecule has 0 spiro atoms. The van der Waals surface area contributed by atoms with E-state index in [1.807, 2.05) is 17.5 Å². The van der Waals surface area contributed by atoms with E-state index in [1.54, 1.807) is 17.4 Å². The fraction of sp³-hybridized carbons (Fsp3) is 0.286. The zero-order valence-corrected chi connectivity index (χ0v) is 12.9. The average Bonchev–Trinajstić information content (AvgIpc) is 2.85. The lowest BCUT2D eigenvalue weighted by Crippen LogP contribution is -2.06. The first-order valence-electron chi connectivity index (χ1n) is 6.32. The number of nitrogens with zero attached hydrogens (tertiary/aromatic N) is 1. The minimum Gasteiger partial charge on any atom is -0.378 e. The Bertz CT molecular complexity index is 612. The average molecular weight is 310 g/mol. The molecule has 2 N–H and O–H groups in total. The Morgan fingerprint density at radius 1 is 1.45 bits per heavy atom. The monoisotopic (exact) mass is 309 g/mol. The van der Waals surface area contributed by atoms with Gasteiger partial charge in [0.25, 0.3) is 0 Å². The summed E-state index contributed by atoms with van der Waals surface area (Å²) in [6, 6.07) is 5.39. The highest BCUT2D eigenvalue weighted by molar-refractivity contribution is 7.09. The molecule has 0 aliphatic heterocycles. The summed E-state index contributed by atoms with van der Waals surface area (Å²) in [6.45, 7) is 4.19. The second-order valence-corrected chi connectivity index (χ2v) is 5.67. The van der Waals surface area contributed by atoms with Crippen LogP contribution in [-0.4, -0.2) is 10.9 Å². The van der Waals surface area contributed by atoms with Crippen LogP contribution in [-0.2, 0) is 17.8 Å². The van der Waals surface area contributed by atoms with E-state index in [-0.39, 0.29) is 5.91 Å². The summed E-state index contributed by atoms with van der Waals surface area (Å²) in [4.78, 5) is 15.5. The maximum absolute atomic E-state index is 11.0. The van der Waals surface area contributed by atoms with Gasteiger partial charge >= 0.3 is 0 Å². The number of benzene rings is 1. The summed E-state index contributed by atoms with van der Waals surface area (Å²) in [6.07, 6.45) is 0.955. The fourth-order valence-electron chi connectivity index (χ4n) is 1.72. The second kappa shape index (κ2) is 6.72. The van der Waals surface area contributed by atoms with Crippen molar-refractivity contribution < 1.29 is 4.79 Å². The van der Waals surface area contributed by atoms with Gasteiger partial charge in [0.2, 0.25) is 5.91 Å². The van der Waals surface area contributed by atoms with Crippen molar-refractivity contribution in [1.29, 1.82) is 0 Å². The maximum Gasteiger partial charge on any atom is 0.221 e. The zero-order chi connectivity index (χ0) is 14.5. The first kappa shape index (κ1) is 14.8. The van der Waals surface area contributed by atoms with Gasteiger partial charge in [-0.2, -0.15) is 0 Å². The van der Waals surface area contributed by atoms with Gasteiger partial charge in [-0.25, -0.2) is 4.98 Å². The number of rotatable bonds is 5. The van der Waals surface area contributed by atoms with Crippen molar-refractivity contribution >= 4 is 40.2 Å². The number of aryl methyl sites for hydroxylation is 1. The second-order valence-electron chi connectivity index (χ2n) is 4.32. The van der Waals surface area contributed by atoms with Crippen molar-refractivity contribution in [3.05, 3.63) is 39.3 Å². The molecule has 0 saturated carbocycles. The summed E-state index contributed by atoms with van der Waals surface area (Å²) in [5.74, 6) is -0.114. The molecule has 0 unspecified atom stereocenters. The molecule has 0 aliphatic rings. The minimum absolute atomic E-state index is 0.114. The lowest BCUT2D eigenvalue weighted by molar-refractivity contribution is -0.114.